The van der Waals surface area contributed by atoms with Gasteiger partial charge in [0, 0.05) is 19.2 Å². The maximum atomic E-state index is 14.0. The number of hydrogen-bond donors (Lipinski definition) is 1. The van der Waals surface area contributed by atoms with Crippen LogP contribution in [0.1, 0.15) is 41.5 Å². The summed E-state index contributed by atoms with van der Waals surface area (Å²) < 4.78 is 14.0. The Labute approximate surface area is 147 Å². The molecule has 1 amide bonds. The topological polar surface area (TPSA) is 58.1 Å². The fourth-order valence-electron chi connectivity index (χ4n) is 3.32. The van der Waals surface area contributed by atoms with Crippen LogP contribution in [0.15, 0.2) is 12.1 Å². The highest BCUT2D eigenvalue weighted by Gasteiger charge is 2.25. The molecule has 1 aromatic carbocycles. The van der Waals surface area contributed by atoms with Crippen LogP contribution in [-0.4, -0.2) is 47.0 Å². The van der Waals surface area contributed by atoms with Gasteiger partial charge in [-0.1, -0.05) is 6.92 Å². The molecule has 0 radical (unpaired) electrons. The van der Waals surface area contributed by atoms with Gasteiger partial charge in [0.2, 0.25) is 0 Å². The zero-order valence-electron chi connectivity index (χ0n) is 15.1. The van der Waals surface area contributed by atoms with Crippen LogP contribution >= 0.6 is 0 Å². The molecule has 2 aromatic rings. The lowest BCUT2D eigenvalue weighted by atomic mass is 9.96. The first-order chi connectivity index (χ1) is 12.0. The second-order valence-electron chi connectivity index (χ2n) is 6.76. The fraction of sp³-hybridized carbons (Fsp3) is 0.526. The van der Waals surface area contributed by atoms with Gasteiger partial charge in [-0.2, -0.15) is 0 Å². The van der Waals surface area contributed by atoms with Gasteiger partial charge >= 0.3 is 0 Å². The van der Waals surface area contributed by atoms with Gasteiger partial charge in [-0.25, -0.2) is 14.4 Å². The Bertz CT molecular complexity index is 785. The van der Waals surface area contributed by atoms with E-state index in [0.29, 0.717) is 35.6 Å². The minimum absolute atomic E-state index is 0.149. The van der Waals surface area contributed by atoms with E-state index < -0.39 is 5.82 Å². The number of carbonyl (C=O) groups is 1. The summed E-state index contributed by atoms with van der Waals surface area (Å²) in [6.07, 6.45) is 1.94. The number of rotatable bonds is 4. The van der Waals surface area contributed by atoms with E-state index in [0.717, 1.165) is 37.3 Å². The molecule has 0 saturated carbocycles. The highest BCUT2D eigenvalue weighted by molar-refractivity contribution is 6.04. The first-order valence-corrected chi connectivity index (χ1v) is 8.94. The van der Waals surface area contributed by atoms with Gasteiger partial charge in [-0.05, 0) is 51.8 Å². The van der Waals surface area contributed by atoms with Gasteiger partial charge in [0.15, 0.2) is 0 Å². The number of likely N-dealkylation sites (tertiary alicyclic amines) is 1. The zero-order chi connectivity index (χ0) is 18.0. The molecule has 0 bridgehead atoms. The lowest BCUT2D eigenvalue weighted by Crippen LogP contribution is -2.41. The standard InChI is InChI=1S/C19H25FN4O/c1-4-21-11-14-5-7-24(8-6-14)19(25)16-9-15(20)10-17-18(16)23-13(3)12(2)22-17/h9-10,14,21H,4-8,11H2,1-3H3. The largest absolute Gasteiger partial charge is 0.339 e. The monoisotopic (exact) mass is 344 g/mol. The third kappa shape index (κ3) is 3.79. The molecule has 1 aliphatic heterocycles. The summed E-state index contributed by atoms with van der Waals surface area (Å²) in [4.78, 5) is 23.7. The lowest BCUT2D eigenvalue weighted by molar-refractivity contribution is 0.0691. The van der Waals surface area contributed by atoms with Crippen LogP contribution in [-0.2, 0) is 0 Å². The molecule has 0 atom stereocenters. The van der Waals surface area contributed by atoms with Crippen molar-refractivity contribution < 1.29 is 9.18 Å². The number of carbonyl (C=O) groups excluding carboxylic acids is 1. The Morgan fingerprint density at radius 3 is 2.60 bits per heavy atom. The summed E-state index contributed by atoms with van der Waals surface area (Å²) in [5.41, 5.74) is 2.76. The van der Waals surface area contributed by atoms with Crippen LogP contribution in [0, 0.1) is 25.6 Å². The van der Waals surface area contributed by atoms with Crippen LogP contribution in [0.5, 0.6) is 0 Å². The first-order valence-electron chi connectivity index (χ1n) is 8.94. The summed E-state index contributed by atoms with van der Waals surface area (Å²) in [7, 11) is 0. The Hall–Kier alpha value is -2.08. The lowest BCUT2D eigenvalue weighted by Gasteiger charge is -2.32. The summed E-state index contributed by atoms with van der Waals surface area (Å²) in [6, 6.07) is 2.63. The molecule has 0 spiro atoms. The Kier molecular flexibility index (Phi) is 5.27. The molecule has 5 nitrogen and oxygen atoms in total. The smallest absolute Gasteiger partial charge is 0.256 e. The van der Waals surface area contributed by atoms with Crippen molar-refractivity contribution in [1.82, 2.24) is 20.2 Å². The van der Waals surface area contributed by atoms with E-state index >= 15 is 0 Å². The first kappa shape index (κ1) is 17.7. The highest BCUT2D eigenvalue weighted by atomic mass is 19.1. The molecule has 25 heavy (non-hydrogen) atoms. The van der Waals surface area contributed by atoms with Crippen molar-refractivity contribution in [3.8, 4) is 0 Å². The summed E-state index contributed by atoms with van der Waals surface area (Å²) >= 11 is 0. The van der Waals surface area contributed by atoms with Crippen LogP contribution < -0.4 is 5.32 Å². The molecule has 134 valence electrons. The molecule has 1 aromatic heterocycles. The Balaban J connectivity index is 1.84. The number of piperidine rings is 1. The van der Waals surface area contributed by atoms with Crippen LogP contribution in [0.2, 0.25) is 0 Å². The molecule has 6 heteroatoms. The van der Waals surface area contributed by atoms with Crippen molar-refractivity contribution in [3.63, 3.8) is 0 Å². The highest BCUT2D eigenvalue weighted by Crippen LogP contribution is 2.23. The third-order valence-corrected chi connectivity index (χ3v) is 4.96. The number of aryl methyl sites for hydroxylation is 2. The number of halogens is 1. The Morgan fingerprint density at radius 2 is 1.92 bits per heavy atom. The SMILES string of the molecule is CCNCC1CCN(C(=O)c2cc(F)cc3nc(C)c(C)nc23)CC1. The molecule has 1 aliphatic rings. The van der Waals surface area contributed by atoms with Gasteiger partial charge in [0.05, 0.1) is 22.5 Å². The van der Waals surface area contributed by atoms with Gasteiger partial charge in [-0.3, -0.25) is 4.79 Å². The average Bonchev–Trinajstić information content (AvgIpc) is 2.60. The number of hydrogen-bond acceptors (Lipinski definition) is 4. The fourth-order valence-corrected chi connectivity index (χ4v) is 3.32. The van der Waals surface area contributed by atoms with Crippen molar-refractivity contribution in [1.29, 1.82) is 0 Å². The summed E-state index contributed by atoms with van der Waals surface area (Å²) in [6.45, 7) is 9.14. The number of aromatic nitrogens is 2. The van der Waals surface area contributed by atoms with Crippen LogP contribution in [0.25, 0.3) is 11.0 Å². The molecule has 0 unspecified atom stereocenters. The van der Waals surface area contributed by atoms with Crippen molar-refractivity contribution in [3.05, 3.63) is 34.9 Å². The maximum absolute atomic E-state index is 14.0. The maximum Gasteiger partial charge on any atom is 0.256 e. The van der Waals surface area contributed by atoms with E-state index in [4.69, 9.17) is 0 Å². The van der Waals surface area contributed by atoms with Gasteiger partial charge in [-0.15, -0.1) is 0 Å². The normalized spacial score (nSPS) is 15.8. The average molecular weight is 344 g/mol. The predicted octanol–water partition coefficient (Wildman–Crippen LogP) is 2.85. The second-order valence-corrected chi connectivity index (χ2v) is 6.76. The number of fused-ring (bicyclic) bond motifs is 1. The summed E-state index contributed by atoms with van der Waals surface area (Å²) in [5, 5.41) is 3.37. The number of nitrogens with zero attached hydrogens (tertiary/aromatic N) is 3. The number of benzene rings is 1. The van der Waals surface area contributed by atoms with Gasteiger partial charge in [0.25, 0.3) is 5.91 Å². The molecule has 3 rings (SSSR count). The van der Waals surface area contributed by atoms with E-state index in [1.54, 1.807) is 0 Å². The van der Waals surface area contributed by atoms with Crippen molar-refractivity contribution in [2.75, 3.05) is 26.2 Å². The summed E-state index contributed by atoms with van der Waals surface area (Å²) in [5.74, 6) is -0.00247. The third-order valence-electron chi connectivity index (χ3n) is 4.96. The van der Waals surface area contributed by atoms with Crippen molar-refractivity contribution >= 4 is 16.9 Å². The quantitative estimate of drug-likeness (QED) is 0.927. The van der Waals surface area contributed by atoms with Gasteiger partial charge in [0.1, 0.15) is 11.3 Å². The molecular weight excluding hydrogens is 319 g/mol. The Morgan fingerprint density at radius 1 is 1.24 bits per heavy atom. The van der Waals surface area contributed by atoms with E-state index in [-0.39, 0.29) is 5.91 Å². The molecule has 1 fully saturated rings. The van der Waals surface area contributed by atoms with Crippen molar-refractivity contribution in [2.24, 2.45) is 5.92 Å². The second kappa shape index (κ2) is 7.44. The van der Waals surface area contributed by atoms with E-state index in [9.17, 15) is 9.18 Å². The molecule has 2 heterocycles. The molecule has 0 aliphatic carbocycles. The van der Waals surface area contributed by atoms with Gasteiger partial charge < -0.3 is 10.2 Å². The minimum atomic E-state index is -0.449. The number of amides is 1. The minimum Gasteiger partial charge on any atom is -0.339 e. The predicted molar refractivity (Wildman–Crippen MR) is 96.1 cm³/mol. The van der Waals surface area contributed by atoms with Crippen LogP contribution in [0.4, 0.5) is 4.39 Å². The van der Waals surface area contributed by atoms with E-state index in [2.05, 4.69) is 22.2 Å². The van der Waals surface area contributed by atoms with Crippen molar-refractivity contribution in [2.45, 2.75) is 33.6 Å². The van der Waals surface area contributed by atoms with E-state index in [1.807, 2.05) is 18.7 Å². The van der Waals surface area contributed by atoms with E-state index in [1.165, 1.54) is 12.1 Å². The number of nitrogens with one attached hydrogen (secondary N) is 1. The molecular formula is C19H25FN4O. The molecule has 1 N–H and O–H groups in total. The molecule has 1 saturated heterocycles. The zero-order valence-corrected chi connectivity index (χ0v) is 15.1. The van der Waals surface area contributed by atoms with Crippen LogP contribution in [0.3, 0.4) is 0 Å².